The second-order valence-electron chi connectivity index (χ2n) is 9.04. The summed E-state index contributed by atoms with van der Waals surface area (Å²) >= 11 is 11.0. The fourth-order valence-electron chi connectivity index (χ4n) is 3.87. The molecule has 0 heterocycles. The van der Waals surface area contributed by atoms with E-state index in [1.807, 2.05) is 48.5 Å². The molecule has 0 radical (unpaired) electrons. The van der Waals surface area contributed by atoms with Gasteiger partial charge in [0.15, 0.2) is 10.6 Å². The molecule has 0 saturated carbocycles. The number of aliphatic hydroxyl groups is 1. The van der Waals surface area contributed by atoms with Gasteiger partial charge >= 0.3 is 6.09 Å². The first-order chi connectivity index (χ1) is 18.7. The third kappa shape index (κ3) is 12.3. The number of nitrogens with one attached hydrogen (secondary N) is 2. The minimum Gasteiger partial charge on any atom is -0.497 e. The molecule has 0 bridgehead atoms. The van der Waals surface area contributed by atoms with Crippen molar-refractivity contribution in [3.05, 3.63) is 60.2 Å². The Hall–Kier alpha value is -2.72. The lowest BCUT2D eigenvalue weighted by molar-refractivity contribution is -0.119. The van der Waals surface area contributed by atoms with E-state index in [0.717, 1.165) is 18.4 Å². The van der Waals surface area contributed by atoms with Crippen molar-refractivity contribution in [2.24, 2.45) is 5.92 Å². The molecule has 2 rings (SSSR count). The SMILES string of the molecule is CCC(CC)CN(CC(O)C(Cc1ccccc1)NC(=O)OCCNC(=O)C(Cl)Cl)Oc1cccc(OC)c1. The number of alkyl carbamates (subject to hydrolysis) is 1. The van der Waals surface area contributed by atoms with Crippen LogP contribution in [0.3, 0.4) is 0 Å². The lowest BCUT2D eigenvalue weighted by Gasteiger charge is -2.31. The van der Waals surface area contributed by atoms with Gasteiger partial charge in [-0.15, -0.1) is 5.06 Å². The fraction of sp³-hybridized carbons (Fsp3) is 0.500. The monoisotopic (exact) mass is 583 g/mol. The molecular weight excluding hydrogens is 545 g/mol. The fourth-order valence-corrected chi connectivity index (χ4v) is 4.02. The van der Waals surface area contributed by atoms with Gasteiger partial charge in [0.1, 0.15) is 12.4 Å². The Morgan fingerprint density at radius 2 is 1.69 bits per heavy atom. The van der Waals surface area contributed by atoms with E-state index in [2.05, 4.69) is 24.5 Å². The summed E-state index contributed by atoms with van der Waals surface area (Å²) in [6, 6.07) is 16.1. The lowest BCUT2D eigenvalue weighted by atomic mass is 10.00. The Balaban J connectivity index is 2.12. The van der Waals surface area contributed by atoms with Gasteiger partial charge < -0.3 is 30.1 Å². The molecule has 9 nitrogen and oxygen atoms in total. The molecule has 0 spiro atoms. The van der Waals surface area contributed by atoms with Gasteiger partial charge in [0.2, 0.25) is 0 Å². The van der Waals surface area contributed by atoms with E-state index in [4.69, 9.17) is 37.5 Å². The summed E-state index contributed by atoms with van der Waals surface area (Å²) in [4.78, 5) is 29.0. The summed E-state index contributed by atoms with van der Waals surface area (Å²) in [7, 11) is 1.59. The summed E-state index contributed by atoms with van der Waals surface area (Å²) in [5.41, 5.74) is 0.935. The predicted octanol–water partition coefficient (Wildman–Crippen LogP) is 4.35. The molecule has 216 valence electrons. The molecule has 2 amide bonds. The molecule has 0 aliphatic heterocycles. The van der Waals surface area contributed by atoms with Crippen LogP contribution in [0.15, 0.2) is 54.6 Å². The van der Waals surface area contributed by atoms with Crippen LogP contribution in [-0.4, -0.2) is 72.5 Å². The van der Waals surface area contributed by atoms with Crippen molar-refractivity contribution in [3.63, 3.8) is 0 Å². The number of aliphatic hydroxyl groups excluding tert-OH is 1. The molecule has 0 aliphatic carbocycles. The maximum absolute atomic E-state index is 12.6. The number of methoxy groups -OCH3 is 1. The van der Waals surface area contributed by atoms with Crippen molar-refractivity contribution in [2.45, 2.75) is 50.1 Å². The van der Waals surface area contributed by atoms with Crippen molar-refractivity contribution in [1.29, 1.82) is 0 Å². The van der Waals surface area contributed by atoms with Crippen LogP contribution in [-0.2, 0) is 16.0 Å². The molecule has 0 aromatic heterocycles. The number of ether oxygens (including phenoxy) is 2. The first-order valence-electron chi connectivity index (χ1n) is 13.0. The largest absolute Gasteiger partial charge is 0.497 e. The van der Waals surface area contributed by atoms with E-state index in [0.29, 0.717) is 30.4 Å². The lowest BCUT2D eigenvalue weighted by Crippen LogP contribution is -2.51. The normalized spacial score (nSPS) is 12.7. The minimum atomic E-state index is -1.20. The van der Waals surface area contributed by atoms with Gasteiger partial charge in [-0.05, 0) is 30.0 Å². The van der Waals surface area contributed by atoms with Gasteiger partial charge in [0, 0.05) is 12.6 Å². The highest BCUT2D eigenvalue weighted by molar-refractivity contribution is 6.53. The first-order valence-corrected chi connectivity index (χ1v) is 13.9. The molecule has 3 N–H and O–H groups in total. The molecule has 0 saturated heterocycles. The molecule has 39 heavy (non-hydrogen) atoms. The highest BCUT2D eigenvalue weighted by Crippen LogP contribution is 2.21. The maximum atomic E-state index is 12.6. The van der Waals surface area contributed by atoms with E-state index < -0.39 is 29.0 Å². The molecule has 2 aromatic carbocycles. The number of amides is 2. The van der Waals surface area contributed by atoms with Gasteiger partial charge in [0.25, 0.3) is 5.91 Å². The summed E-state index contributed by atoms with van der Waals surface area (Å²) < 4.78 is 10.5. The smallest absolute Gasteiger partial charge is 0.407 e. The van der Waals surface area contributed by atoms with Crippen LogP contribution >= 0.6 is 23.2 Å². The van der Waals surface area contributed by atoms with Crippen molar-refractivity contribution in [3.8, 4) is 11.5 Å². The Morgan fingerprint density at radius 3 is 2.33 bits per heavy atom. The second kappa shape index (κ2) is 17.8. The number of benzene rings is 2. The van der Waals surface area contributed by atoms with Gasteiger partial charge in [-0.1, -0.05) is 86.3 Å². The van der Waals surface area contributed by atoms with E-state index >= 15 is 0 Å². The number of hydroxylamine groups is 2. The standard InChI is InChI=1S/C28H39Cl2N3O6/c1-4-20(5-2)18-33(39-23-13-9-12-22(17-23)37-3)19-25(34)24(16-21-10-7-6-8-11-21)32-28(36)38-15-14-31-27(35)26(29)30/h6-13,17,20,24-26,34H,4-5,14-16,18-19H2,1-3H3,(H,31,35)(H,32,36). The number of hydrogen-bond donors (Lipinski definition) is 3. The average Bonchev–Trinajstić information content (AvgIpc) is 2.93. The van der Waals surface area contributed by atoms with Crippen LogP contribution in [0.4, 0.5) is 4.79 Å². The van der Waals surface area contributed by atoms with Crippen LogP contribution in [0.25, 0.3) is 0 Å². The number of alkyl halides is 2. The minimum absolute atomic E-state index is 0.0473. The third-order valence-corrected chi connectivity index (χ3v) is 6.58. The van der Waals surface area contributed by atoms with Crippen LogP contribution < -0.4 is 20.2 Å². The van der Waals surface area contributed by atoms with Crippen molar-refractivity contribution >= 4 is 35.2 Å². The van der Waals surface area contributed by atoms with E-state index in [-0.39, 0.29) is 19.7 Å². The molecule has 0 aliphatic rings. The highest BCUT2D eigenvalue weighted by Gasteiger charge is 2.27. The second-order valence-corrected chi connectivity index (χ2v) is 10.1. The number of carbonyl (C=O) groups is 2. The van der Waals surface area contributed by atoms with E-state index in [1.165, 1.54) is 0 Å². The van der Waals surface area contributed by atoms with Crippen LogP contribution in [0, 0.1) is 5.92 Å². The van der Waals surface area contributed by atoms with Crippen LogP contribution in [0.5, 0.6) is 11.5 Å². The summed E-state index contributed by atoms with van der Waals surface area (Å²) in [5, 5.41) is 18.3. The van der Waals surface area contributed by atoms with Crippen molar-refractivity contribution < 1.29 is 29.0 Å². The van der Waals surface area contributed by atoms with Gasteiger partial charge in [-0.2, -0.15) is 0 Å². The topological polar surface area (TPSA) is 109 Å². The number of nitrogens with zero attached hydrogens (tertiary/aromatic N) is 1. The Bertz CT molecular complexity index is 994. The molecule has 11 heteroatoms. The van der Waals surface area contributed by atoms with Crippen molar-refractivity contribution in [1.82, 2.24) is 15.7 Å². The van der Waals surface area contributed by atoms with Gasteiger partial charge in [0.05, 0.1) is 32.3 Å². The van der Waals surface area contributed by atoms with E-state index in [9.17, 15) is 14.7 Å². The van der Waals surface area contributed by atoms with Crippen LogP contribution in [0.2, 0.25) is 0 Å². The Morgan fingerprint density at radius 1 is 1.00 bits per heavy atom. The summed E-state index contributed by atoms with van der Waals surface area (Å²) in [6.07, 6.45) is 0.551. The average molecular weight is 585 g/mol. The maximum Gasteiger partial charge on any atom is 0.407 e. The number of carbonyl (C=O) groups excluding carboxylic acids is 2. The van der Waals surface area contributed by atoms with E-state index in [1.54, 1.807) is 18.2 Å². The zero-order valence-corrected chi connectivity index (χ0v) is 24.2. The zero-order chi connectivity index (χ0) is 28.6. The number of hydrogen-bond acceptors (Lipinski definition) is 7. The predicted molar refractivity (Wildman–Crippen MR) is 152 cm³/mol. The quantitative estimate of drug-likeness (QED) is 0.144. The van der Waals surface area contributed by atoms with Gasteiger partial charge in [-0.25, -0.2) is 4.79 Å². The molecular formula is C28H39Cl2N3O6. The Kier molecular flexibility index (Phi) is 14.8. The molecule has 2 aromatic rings. The number of rotatable bonds is 17. The van der Waals surface area contributed by atoms with Crippen LogP contribution in [0.1, 0.15) is 32.3 Å². The zero-order valence-electron chi connectivity index (χ0n) is 22.6. The number of halogens is 2. The summed E-state index contributed by atoms with van der Waals surface area (Å²) in [5.74, 6) is 1.01. The Labute approximate surface area is 240 Å². The molecule has 0 fully saturated rings. The first kappa shape index (κ1) is 32.5. The van der Waals surface area contributed by atoms with Gasteiger partial charge in [-0.3, -0.25) is 4.79 Å². The third-order valence-electron chi connectivity index (χ3n) is 6.18. The highest BCUT2D eigenvalue weighted by atomic mass is 35.5. The van der Waals surface area contributed by atoms with Crippen molar-refractivity contribution in [2.75, 3.05) is 33.4 Å². The molecule has 2 unspecified atom stereocenters. The molecule has 2 atom stereocenters. The summed E-state index contributed by atoms with van der Waals surface area (Å²) in [6.45, 7) is 4.91.